The Hall–Kier alpha value is -0.660. The van der Waals surface area contributed by atoms with E-state index in [1.807, 2.05) is 31.2 Å². The minimum Gasteiger partial charge on any atom is -0.379 e. The van der Waals surface area contributed by atoms with E-state index in [1.54, 1.807) is 0 Å². The number of anilines is 1. The number of benzene rings is 1. The molecule has 1 aliphatic heterocycles. The largest absolute Gasteiger partial charge is 0.379 e. The fraction of sp³-hybridized carbons (Fsp3) is 0.462. The molecule has 1 aromatic carbocycles. The van der Waals surface area contributed by atoms with E-state index in [4.69, 9.17) is 4.74 Å². The maximum absolute atomic E-state index is 12.2. The SMILES string of the molecule is CCNC1COCC1C(=O)Nc1ccc(I)cc1. The summed E-state index contributed by atoms with van der Waals surface area (Å²) < 4.78 is 6.53. The normalized spacial score (nSPS) is 23.0. The molecule has 0 radical (unpaired) electrons. The summed E-state index contributed by atoms with van der Waals surface area (Å²) in [4.78, 5) is 12.2. The molecule has 4 nitrogen and oxygen atoms in total. The van der Waals surface area contributed by atoms with Crippen molar-refractivity contribution in [1.29, 1.82) is 0 Å². The molecule has 2 atom stereocenters. The smallest absolute Gasteiger partial charge is 0.231 e. The molecular weight excluding hydrogens is 343 g/mol. The summed E-state index contributed by atoms with van der Waals surface area (Å²) in [6.07, 6.45) is 0. The van der Waals surface area contributed by atoms with Gasteiger partial charge in [0.05, 0.1) is 19.1 Å². The van der Waals surface area contributed by atoms with E-state index in [1.165, 1.54) is 0 Å². The number of amides is 1. The maximum Gasteiger partial charge on any atom is 0.231 e. The van der Waals surface area contributed by atoms with Crippen LogP contribution >= 0.6 is 22.6 Å². The van der Waals surface area contributed by atoms with Crippen LogP contribution in [0.25, 0.3) is 0 Å². The van der Waals surface area contributed by atoms with Crippen LogP contribution in [-0.4, -0.2) is 31.7 Å². The lowest BCUT2D eigenvalue weighted by Gasteiger charge is -2.17. The minimum absolute atomic E-state index is 0.0275. The van der Waals surface area contributed by atoms with Gasteiger partial charge >= 0.3 is 0 Å². The number of carbonyl (C=O) groups excluding carboxylic acids is 1. The highest BCUT2D eigenvalue weighted by Crippen LogP contribution is 2.17. The van der Waals surface area contributed by atoms with Gasteiger partial charge in [-0.3, -0.25) is 4.79 Å². The number of halogens is 1. The number of hydrogen-bond donors (Lipinski definition) is 2. The van der Waals surface area contributed by atoms with E-state index in [0.29, 0.717) is 13.2 Å². The monoisotopic (exact) mass is 360 g/mol. The summed E-state index contributed by atoms with van der Waals surface area (Å²) in [6.45, 7) is 3.99. The quantitative estimate of drug-likeness (QED) is 0.806. The molecule has 1 aliphatic rings. The lowest BCUT2D eigenvalue weighted by Crippen LogP contribution is -2.41. The summed E-state index contributed by atoms with van der Waals surface area (Å²) in [5, 5.41) is 6.22. The Kier molecular flexibility index (Phi) is 4.96. The molecule has 1 aromatic rings. The van der Waals surface area contributed by atoms with Crippen LogP contribution in [0.2, 0.25) is 0 Å². The van der Waals surface area contributed by atoms with Crippen molar-refractivity contribution in [2.24, 2.45) is 5.92 Å². The average Bonchev–Trinajstić information content (AvgIpc) is 2.81. The fourth-order valence-electron chi connectivity index (χ4n) is 2.04. The molecule has 2 rings (SSSR count). The van der Waals surface area contributed by atoms with E-state index in [2.05, 4.69) is 33.2 Å². The third-order valence-electron chi connectivity index (χ3n) is 3.00. The second kappa shape index (κ2) is 6.49. The van der Waals surface area contributed by atoms with Gasteiger partial charge in [-0.1, -0.05) is 6.92 Å². The molecule has 1 heterocycles. The van der Waals surface area contributed by atoms with Gasteiger partial charge in [0.25, 0.3) is 0 Å². The van der Waals surface area contributed by atoms with Crippen LogP contribution in [0.4, 0.5) is 5.69 Å². The van der Waals surface area contributed by atoms with Crippen molar-refractivity contribution in [2.75, 3.05) is 25.1 Å². The van der Waals surface area contributed by atoms with Crippen LogP contribution in [0.1, 0.15) is 6.92 Å². The minimum atomic E-state index is -0.107. The number of hydrogen-bond acceptors (Lipinski definition) is 3. The first-order valence-electron chi connectivity index (χ1n) is 6.08. The summed E-state index contributed by atoms with van der Waals surface area (Å²) in [5.74, 6) is -0.0797. The molecule has 0 aliphatic carbocycles. The van der Waals surface area contributed by atoms with Gasteiger partial charge in [-0.15, -0.1) is 0 Å². The Morgan fingerprint density at radius 2 is 2.11 bits per heavy atom. The molecule has 0 aromatic heterocycles. The number of ether oxygens (including phenoxy) is 1. The van der Waals surface area contributed by atoms with Gasteiger partial charge in [-0.05, 0) is 53.4 Å². The Bertz CT molecular complexity index is 408. The molecule has 1 fully saturated rings. The van der Waals surface area contributed by atoms with Gasteiger partial charge in [0, 0.05) is 15.3 Å². The van der Waals surface area contributed by atoms with Crippen LogP contribution in [0.15, 0.2) is 24.3 Å². The molecule has 5 heteroatoms. The van der Waals surface area contributed by atoms with Crippen molar-refractivity contribution >= 4 is 34.2 Å². The summed E-state index contributed by atoms with van der Waals surface area (Å²) in [6, 6.07) is 7.90. The van der Waals surface area contributed by atoms with Crippen molar-refractivity contribution in [3.05, 3.63) is 27.8 Å². The zero-order valence-corrected chi connectivity index (χ0v) is 12.4. The molecule has 0 bridgehead atoms. The lowest BCUT2D eigenvalue weighted by atomic mass is 10.0. The standard InChI is InChI=1S/C13H17IN2O2/c1-2-15-12-8-18-7-11(12)13(17)16-10-5-3-9(14)4-6-10/h3-6,11-12,15H,2,7-8H2,1H3,(H,16,17). The van der Waals surface area contributed by atoms with Crippen molar-refractivity contribution in [3.8, 4) is 0 Å². The highest BCUT2D eigenvalue weighted by molar-refractivity contribution is 14.1. The Morgan fingerprint density at radius 1 is 1.39 bits per heavy atom. The maximum atomic E-state index is 12.2. The number of rotatable bonds is 4. The van der Waals surface area contributed by atoms with Crippen molar-refractivity contribution in [3.63, 3.8) is 0 Å². The van der Waals surface area contributed by atoms with Gasteiger partial charge < -0.3 is 15.4 Å². The molecule has 1 amide bonds. The molecule has 0 saturated carbocycles. The molecule has 1 saturated heterocycles. The third-order valence-corrected chi connectivity index (χ3v) is 3.71. The highest BCUT2D eigenvalue weighted by Gasteiger charge is 2.33. The number of carbonyl (C=O) groups is 1. The van der Waals surface area contributed by atoms with E-state index in [-0.39, 0.29) is 17.9 Å². The van der Waals surface area contributed by atoms with E-state index < -0.39 is 0 Å². The zero-order valence-electron chi connectivity index (χ0n) is 10.3. The van der Waals surface area contributed by atoms with Crippen molar-refractivity contribution in [2.45, 2.75) is 13.0 Å². The van der Waals surface area contributed by atoms with Gasteiger partial charge in [-0.2, -0.15) is 0 Å². The number of nitrogens with one attached hydrogen (secondary N) is 2. The van der Waals surface area contributed by atoms with Crippen LogP contribution in [-0.2, 0) is 9.53 Å². The molecule has 2 unspecified atom stereocenters. The molecule has 18 heavy (non-hydrogen) atoms. The Morgan fingerprint density at radius 3 is 2.78 bits per heavy atom. The first-order chi connectivity index (χ1) is 8.70. The predicted molar refractivity (Wildman–Crippen MR) is 79.6 cm³/mol. The Balaban J connectivity index is 1.96. The highest BCUT2D eigenvalue weighted by atomic mass is 127. The first kappa shape index (κ1) is 13.8. The molecule has 98 valence electrons. The van der Waals surface area contributed by atoms with Crippen LogP contribution in [0, 0.1) is 9.49 Å². The molecule has 2 N–H and O–H groups in total. The average molecular weight is 360 g/mol. The summed E-state index contributed by atoms with van der Waals surface area (Å²) >= 11 is 2.24. The second-order valence-corrected chi connectivity index (χ2v) is 5.55. The first-order valence-corrected chi connectivity index (χ1v) is 7.16. The predicted octanol–water partition coefficient (Wildman–Crippen LogP) is 1.85. The van der Waals surface area contributed by atoms with Crippen LogP contribution < -0.4 is 10.6 Å². The van der Waals surface area contributed by atoms with Crippen molar-refractivity contribution in [1.82, 2.24) is 5.32 Å². The zero-order chi connectivity index (χ0) is 13.0. The van der Waals surface area contributed by atoms with Crippen LogP contribution in [0.5, 0.6) is 0 Å². The molecular formula is C13H17IN2O2. The van der Waals surface area contributed by atoms with Gasteiger partial charge in [0.1, 0.15) is 0 Å². The summed E-state index contributed by atoms with van der Waals surface area (Å²) in [5.41, 5.74) is 0.836. The number of likely N-dealkylation sites (N-methyl/N-ethyl adjacent to an activating group) is 1. The second-order valence-electron chi connectivity index (χ2n) is 4.30. The fourth-order valence-corrected chi connectivity index (χ4v) is 2.40. The van der Waals surface area contributed by atoms with E-state index in [9.17, 15) is 4.79 Å². The van der Waals surface area contributed by atoms with Gasteiger partial charge in [0.2, 0.25) is 5.91 Å². The Labute approximate surface area is 121 Å². The van der Waals surface area contributed by atoms with E-state index >= 15 is 0 Å². The van der Waals surface area contributed by atoms with Gasteiger partial charge in [0.15, 0.2) is 0 Å². The third kappa shape index (κ3) is 3.43. The summed E-state index contributed by atoms with van der Waals surface area (Å²) in [7, 11) is 0. The topological polar surface area (TPSA) is 50.4 Å². The molecule has 0 spiro atoms. The van der Waals surface area contributed by atoms with Gasteiger partial charge in [-0.25, -0.2) is 0 Å². The van der Waals surface area contributed by atoms with Crippen molar-refractivity contribution < 1.29 is 9.53 Å². The van der Waals surface area contributed by atoms with E-state index in [0.717, 1.165) is 15.8 Å². The lowest BCUT2D eigenvalue weighted by molar-refractivity contribution is -0.120. The van der Waals surface area contributed by atoms with Crippen LogP contribution in [0.3, 0.4) is 0 Å².